The molecule has 4 rings (SSSR count). The van der Waals surface area contributed by atoms with E-state index in [0.717, 1.165) is 17.7 Å². The normalized spacial score (nSPS) is 20.3. The highest BCUT2D eigenvalue weighted by Gasteiger charge is 2.38. The van der Waals surface area contributed by atoms with Crippen LogP contribution in [0.5, 0.6) is 0 Å². The first-order valence-corrected chi connectivity index (χ1v) is 11.6. The number of hydrogen-bond donors (Lipinski definition) is 0. The van der Waals surface area contributed by atoms with E-state index >= 15 is 0 Å². The van der Waals surface area contributed by atoms with Crippen LogP contribution in [0.15, 0.2) is 59.5 Å². The zero-order chi connectivity index (χ0) is 22.0. The Morgan fingerprint density at radius 3 is 2.26 bits per heavy atom. The van der Waals surface area contributed by atoms with E-state index in [9.17, 15) is 22.4 Å². The first-order valence-electron chi connectivity index (χ1n) is 10.2. The van der Waals surface area contributed by atoms with Crippen molar-refractivity contribution in [1.29, 1.82) is 0 Å². The van der Waals surface area contributed by atoms with E-state index < -0.39 is 21.8 Å². The molecular weight excluding hydrogens is 421 g/mol. The molecule has 2 aliphatic heterocycles. The lowest BCUT2D eigenvalue weighted by molar-refractivity contribution is -0.137. The highest BCUT2D eigenvalue weighted by Crippen LogP contribution is 2.24. The monoisotopic (exact) mass is 445 g/mol. The summed E-state index contributed by atoms with van der Waals surface area (Å²) < 4.78 is 39.9. The van der Waals surface area contributed by atoms with Crippen LogP contribution in [0.2, 0.25) is 0 Å². The molecule has 2 aromatic rings. The fraction of sp³-hybridized carbons (Fsp3) is 0.364. The molecule has 2 aliphatic rings. The molecule has 31 heavy (non-hydrogen) atoms. The molecule has 0 spiro atoms. The minimum atomic E-state index is -3.73. The summed E-state index contributed by atoms with van der Waals surface area (Å²) in [5, 5.41) is 0. The Hall–Kier alpha value is -2.78. The van der Waals surface area contributed by atoms with E-state index in [2.05, 4.69) is 0 Å². The number of carbonyl (C=O) groups is 2. The summed E-state index contributed by atoms with van der Waals surface area (Å²) in [5.41, 5.74) is 1.02. The van der Waals surface area contributed by atoms with Crippen molar-refractivity contribution in [3.63, 3.8) is 0 Å². The van der Waals surface area contributed by atoms with Crippen LogP contribution in [0.1, 0.15) is 12.0 Å². The van der Waals surface area contributed by atoms with Crippen LogP contribution >= 0.6 is 0 Å². The third kappa shape index (κ3) is 4.62. The number of carbonyl (C=O) groups excluding carboxylic acids is 2. The van der Waals surface area contributed by atoms with Gasteiger partial charge in [0.2, 0.25) is 21.8 Å². The minimum absolute atomic E-state index is 0.0339. The maximum atomic E-state index is 13.1. The lowest BCUT2D eigenvalue weighted by Gasteiger charge is -2.35. The van der Waals surface area contributed by atoms with Gasteiger partial charge in [-0.25, -0.2) is 12.8 Å². The van der Waals surface area contributed by atoms with Crippen molar-refractivity contribution in [3.8, 4) is 0 Å². The van der Waals surface area contributed by atoms with Gasteiger partial charge in [-0.3, -0.25) is 9.59 Å². The number of amides is 2. The maximum Gasteiger partial charge on any atom is 0.243 e. The standard InChI is InChI=1S/C22H24FN3O4S/c23-19-6-8-20(9-7-19)31(29,30)26-12-10-24(11-13-26)22(28)18-14-21(27)25(16-18)15-17-4-2-1-3-5-17/h1-9,18H,10-16H2. The highest BCUT2D eigenvalue weighted by atomic mass is 32.2. The summed E-state index contributed by atoms with van der Waals surface area (Å²) in [6.45, 7) is 1.72. The van der Waals surface area contributed by atoms with Gasteiger partial charge in [-0.1, -0.05) is 30.3 Å². The van der Waals surface area contributed by atoms with Gasteiger partial charge in [-0.05, 0) is 29.8 Å². The Morgan fingerprint density at radius 2 is 1.61 bits per heavy atom. The van der Waals surface area contributed by atoms with Gasteiger partial charge in [0.1, 0.15) is 5.82 Å². The molecule has 2 heterocycles. The Bertz CT molecular complexity index is 1050. The summed E-state index contributed by atoms with van der Waals surface area (Å²) in [4.78, 5) is 28.7. The van der Waals surface area contributed by atoms with E-state index in [1.165, 1.54) is 16.4 Å². The van der Waals surface area contributed by atoms with Crippen LogP contribution in [0.4, 0.5) is 4.39 Å². The van der Waals surface area contributed by atoms with Crippen molar-refractivity contribution >= 4 is 21.8 Å². The van der Waals surface area contributed by atoms with Gasteiger partial charge in [0, 0.05) is 45.7 Å². The summed E-state index contributed by atoms with van der Waals surface area (Å²) in [7, 11) is -3.73. The van der Waals surface area contributed by atoms with Gasteiger partial charge < -0.3 is 9.80 Å². The smallest absolute Gasteiger partial charge is 0.243 e. The molecule has 2 aromatic carbocycles. The lowest BCUT2D eigenvalue weighted by atomic mass is 10.1. The molecule has 0 saturated carbocycles. The number of hydrogen-bond acceptors (Lipinski definition) is 4. The molecular formula is C22H24FN3O4S. The molecule has 0 aromatic heterocycles. The zero-order valence-electron chi connectivity index (χ0n) is 17.0. The molecule has 2 saturated heterocycles. The van der Waals surface area contributed by atoms with Gasteiger partial charge in [-0.2, -0.15) is 4.31 Å². The van der Waals surface area contributed by atoms with Crippen molar-refractivity contribution in [3.05, 3.63) is 66.0 Å². The van der Waals surface area contributed by atoms with Crippen molar-refractivity contribution in [1.82, 2.24) is 14.1 Å². The Kier molecular flexibility index (Phi) is 6.06. The Labute approximate surface area is 181 Å². The third-order valence-corrected chi connectivity index (χ3v) is 7.69. The van der Waals surface area contributed by atoms with Crippen LogP contribution in [0.3, 0.4) is 0 Å². The van der Waals surface area contributed by atoms with Crippen LogP contribution in [0, 0.1) is 11.7 Å². The van der Waals surface area contributed by atoms with Gasteiger partial charge in [-0.15, -0.1) is 0 Å². The SMILES string of the molecule is O=C1CC(C(=O)N2CCN(S(=O)(=O)c3ccc(F)cc3)CC2)CN1Cc1ccccc1. The predicted molar refractivity (Wildman–Crippen MR) is 112 cm³/mol. The second-order valence-corrected chi connectivity index (χ2v) is 9.78. The van der Waals surface area contributed by atoms with E-state index in [-0.39, 0.29) is 49.3 Å². The molecule has 0 radical (unpaired) electrons. The highest BCUT2D eigenvalue weighted by molar-refractivity contribution is 7.89. The van der Waals surface area contributed by atoms with Gasteiger partial charge >= 0.3 is 0 Å². The molecule has 0 aliphatic carbocycles. The van der Waals surface area contributed by atoms with Crippen molar-refractivity contribution in [2.24, 2.45) is 5.92 Å². The first kappa shape index (κ1) is 21.5. The molecule has 2 fully saturated rings. The minimum Gasteiger partial charge on any atom is -0.340 e. The van der Waals surface area contributed by atoms with E-state index in [0.29, 0.717) is 13.1 Å². The molecule has 2 amide bonds. The van der Waals surface area contributed by atoms with Crippen molar-refractivity contribution < 1.29 is 22.4 Å². The van der Waals surface area contributed by atoms with Crippen LogP contribution in [-0.2, 0) is 26.2 Å². The molecule has 7 nitrogen and oxygen atoms in total. The topological polar surface area (TPSA) is 78.0 Å². The maximum absolute atomic E-state index is 13.1. The predicted octanol–water partition coefficient (Wildman–Crippen LogP) is 1.71. The lowest BCUT2D eigenvalue weighted by Crippen LogP contribution is -2.52. The number of halogens is 1. The molecule has 0 N–H and O–H groups in total. The summed E-state index contributed by atoms with van der Waals surface area (Å²) in [6.07, 6.45) is 0.180. The number of rotatable bonds is 5. The van der Waals surface area contributed by atoms with Crippen molar-refractivity contribution in [2.45, 2.75) is 17.9 Å². The van der Waals surface area contributed by atoms with Gasteiger partial charge in [0.25, 0.3) is 0 Å². The molecule has 9 heteroatoms. The number of likely N-dealkylation sites (tertiary alicyclic amines) is 1. The molecule has 1 unspecified atom stereocenters. The zero-order valence-corrected chi connectivity index (χ0v) is 17.8. The summed E-state index contributed by atoms with van der Waals surface area (Å²) in [5.74, 6) is -1.05. The number of piperazine rings is 1. The fourth-order valence-corrected chi connectivity index (χ4v) is 5.48. The number of sulfonamides is 1. The third-order valence-electron chi connectivity index (χ3n) is 5.78. The first-order chi connectivity index (χ1) is 14.8. The van der Waals surface area contributed by atoms with Gasteiger partial charge in [0.15, 0.2) is 0 Å². The second-order valence-electron chi connectivity index (χ2n) is 7.84. The number of nitrogens with zero attached hydrogens (tertiary/aromatic N) is 3. The summed E-state index contributed by atoms with van der Waals surface area (Å²) >= 11 is 0. The average molecular weight is 446 g/mol. The average Bonchev–Trinajstić information content (AvgIpc) is 3.14. The van der Waals surface area contributed by atoms with Crippen LogP contribution in [-0.4, -0.2) is 67.1 Å². The second kappa shape index (κ2) is 8.76. The summed E-state index contributed by atoms with van der Waals surface area (Å²) in [6, 6.07) is 14.4. The van der Waals surface area contributed by atoms with Crippen molar-refractivity contribution in [2.75, 3.05) is 32.7 Å². The Morgan fingerprint density at radius 1 is 0.968 bits per heavy atom. The van der Waals surface area contributed by atoms with Gasteiger partial charge in [0.05, 0.1) is 10.8 Å². The molecule has 0 bridgehead atoms. The fourth-order valence-electron chi connectivity index (χ4n) is 4.06. The molecule has 164 valence electrons. The Balaban J connectivity index is 1.34. The molecule has 1 atom stereocenters. The quantitative estimate of drug-likeness (QED) is 0.702. The van der Waals surface area contributed by atoms with Crippen LogP contribution < -0.4 is 0 Å². The largest absolute Gasteiger partial charge is 0.340 e. The van der Waals surface area contributed by atoms with E-state index in [1.54, 1.807) is 9.80 Å². The van der Waals surface area contributed by atoms with Crippen LogP contribution in [0.25, 0.3) is 0 Å². The van der Waals surface area contributed by atoms with E-state index in [1.807, 2.05) is 30.3 Å². The number of benzene rings is 2. The van der Waals surface area contributed by atoms with E-state index in [4.69, 9.17) is 0 Å².